The molecule has 0 aliphatic carbocycles. The predicted molar refractivity (Wildman–Crippen MR) is 76.7 cm³/mol. The lowest BCUT2D eigenvalue weighted by atomic mass is 10.1. The first kappa shape index (κ1) is 14.4. The number of carbonyl (C=O) groups is 1. The van der Waals surface area contributed by atoms with E-state index in [-0.39, 0.29) is 24.5 Å². The Morgan fingerprint density at radius 1 is 1.15 bits per heavy atom. The number of amides is 1. The van der Waals surface area contributed by atoms with Gasteiger partial charge in [-0.3, -0.25) is 4.79 Å². The van der Waals surface area contributed by atoms with Crippen molar-refractivity contribution in [3.05, 3.63) is 64.2 Å². The maximum Gasteiger partial charge on any atom is 0.255 e. The third-order valence-corrected chi connectivity index (χ3v) is 3.17. The average Bonchev–Trinajstić information content (AvgIpc) is 2.45. The van der Waals surface area contributed by atoms with Crippen LogP contribution in [0.3, 0.4) is 0 Å². The number of carbonyl (C=O) groups excluding carboxylic acids is 1. The van der Waals surface area contributed by atoms with E-state index >= 15 is 0 Å². The zero-order valence-corrected chi connectivity index (χ0v) is 11.4. The van der Waals surface area contributed by atoms with Gasteiger partial charge in [-0.25, -0.2) is 0 Å². The van der Waals surface area contributed by atoms with E-state index in [0.29, 0.717) is 5.02 Å². The summed E-state index contributed by atoms with van der Waals surface area (Å²) in [6.45, 7) is 0.190. The van der Waals surface area contributed by atoms with Gasteiger partial charge in [-0.1, -0.05) is 35.9 Å². The van der Waals surface area contributed by atoms with Crippen LogP contribution < -0.4 is 5.32 Å². The molecule has 0 aliphatic rings. The van der Waals surface area contributed by atoms with E-state index in [1.165, 1.54) is 18.2 Å². The Bertz CT molecular complexity index is 628. The molecule has 2 rings (SSSR count). The standard InChI is InChI=1S/C15H14ClNO3/c16-12-5-6-13(14(19)7-12)15(20)17-8-10-3-1-2-4-11(10)9-18/h1-7,18-19H,8-9H2,(H,17,20). The molecule has 104 valence electrons. The molecule has 2 aromatic rings. The van der Waals surface area contributed by atoms with E-state index in [0.717, 1.165) is 11.1 Å². The maximum atomic E-state index is 12.0. The van der Waals surface area contributed by atoms with Gasteiger partial charge in [-0.15, -0.1) is 0 Å². The fraction of sp³-hybridized carbons (Fsp3) is 0.133. The van der Waals surface area contributed by atoms with Crippen LogP contribution in [-0.4, -0.2) is 16.1 Å². The Hall–Kier alpha value is -2.04. The van der Waals surface area contributed by atoms with E-state index in [1.54, 1.807) is 6.07 Å². The van der Waals surface area contributed by atoms with Gasteiger partial charge in [0.2, 0.25) is 0 Å². The van der Waals surface area contributed by atoms with Crippen molar-refractivity contribution in [1.29, 1.82) is 0 Å². The van der Waals surface area contributed by atoms with Crippen LogP contribution in [-0.2, 0) is 13.2 Å². The molecule has 0 heterocycles. The molecule has 0 saturated carbocycles. The van der Waals surface area contributed by atoms with E-state index < -0.39 is 5.91 Å². The lowest BCUT2D eigenvalue weighted by Crippen LogP contribution is -2.23. The number of rotatable bonds is 4. The molecular weight excluding hydrogens is 278 g/mol. The third kappa shape index (κ3) is 3.29. The van der Waals surface area contributed by atoms with E-state index in [2.05, 4.69) is 5.32 Å². The number of hydrogen-bond acceptors (Lipinski definition) is 3. The van der Waals surface area contributed by atoms with E-state index in [1.807, 2.05) is 18.2 Å². The molecule has 0 atom stereocenters. The highest BCUT2D eigenvalue weighted by molar-refractivity contribution is 6.30. The minimum atomic E-state index is -0.396. The monoisotopic (exact) mass is 291 g/mol. The third-order valence-electron chi connectivity index (χ3n) is 2.93. The fourth-order valence-corrected chi connectivity index (χ4v) is 2.02. The van der Waals surface area contributed by atoms with Crippen molar-refractivity contribution in [3.63, 3.8) is 0 Å². The fourth-order valence-electron chi connectivity index (χ4n) is 1.85. The molecule has 0 spiro atoms. The van der Waals surface area contributed by atoms with Gasteiger partial charge in [-0.05, 0) is 29.3 Å². The smallest absolute Gasteiger partial charge is 0.255 e. The van der Waals surface area contributed by atoms with Crippen molar-refractivity contribution in [2.45, 2.75) is 13.2 Å². The summed E-state index contributed by atoms with van der Waals surface area (Å²) in [7, 11) is 0. The van der Waals surface area contributed by atoms with Crippen molar-refractivity contribution in [3.8, 4) is 5.75 Å². The molecule has 0 saturated heterocycles. The summed E-state index contributed by atoms with van der Waals surface area (Å²) in [5.74, 6) is -0.558. The summed E-state index contributed by atoms with van der Waals surface area (Å²) < 4.78 is 0. The predicted octanol–water partition coefficient (Wildman–Crippen LogP) is 2.47. The Balaban J connectivity index is 2.09. The average molecular weight is 292 g/mol. The zero-order chi connectivity index (χ0) is 14.5. The Labute approximate surface area is 121 Å². The number of aliphatic hydroxyl groups excluding tert-OH is 1. The molecule has 0 aromatic heterocycles. The van der Waals surface area contributed by atoms with Crippen molar-refractivity contribution in [2.24, 2.45) is 0 Å². The quantitative estimate of drug-likeness (QED) is 0.810. The minimum Gasteiger partial charge on any atom is -0.507 e. The largest absolute Gasteiger partial charge is 0.507 e. The molecule has 0 bridgehead atoms. The van der Waals surface area contributed by atoms with Crippen molar-refractivity contribution in [2.75, 3.05) is 0 Å². The van der Waals surface area contributed by atoms with Crippen LogP contribution in [0.2, 0.25) is 5.02 Å². The van der Waals surface area contributed by atoms with Gasteiger partial charge in [0, 0.05) is 11.6 Å². The van der Waals surface area contributed by atoms with Gasteiger partial charge in [0.05, 0.1) is 12.2 Å². The topological polar surface area (TPSA) is 69.6 Å². The Morgan fingerprint density at radius 3 is 2.50 bits per heavy atom. The lowest BCUT2D eigenvalue weighted by Gasteiger charge is -2.10. The SMILES string of the molecule is O=C(NCc1ccccc1CO)c1ccc(Cl)cc1O. The van der Waals surface area contributed by atoms with Crippen LogP contribution in [0.1, 0.15) is 21.5 Å². The lowest BCUT2D eigenvalue weighted by molar-refractivity contribution is 0.0948. The highest BCUT2D eigenvalue weighted by Crippen LogP contribution is 2.21. The minimum absolute atomic E-state index is 0.0851. The molecule has 4 nitrogen and oxygen atoms in total. The molecule has 5 heteroatoms. The van der Waals surface area contributed by atoms with Crippen LogP contribution in [0.15, 0.2) is 42.5 Å². The van der Waals surface area contributed by atoms with Gasteiger partial charge in [0.25, 0.3) is 5.91 Å². The van der Waals surface area contributed by atoms with Crippen LogP contribution >= 0.6 is 11.6 Å². The molecule has 2 aromatic carbocycles. The van der Waals surface area contributed by atoms with Crippen LogP contribution in [0.4, 0.5) is 0 Å². The first-order valence-electron chi connectivity index (χ1n) is 6.06. The van der Waals surface area contributed by atoms with Crippen LogP contribution in [0, 0.1) is 0 Å². The van der Waals surface area contributed by atoms with Crippen molar-refractivity contribution in [1.82, 2.24) is 5.32 Å². The maximum absolute atomic E-state index is 12.0. The molecule has 1 amide bonds. The molecular formula is C15H14ClNO3. The van der Waals surface area contributed by atoms with Crippen LogP contribution in [0.25, 0.3) is 0 Å². The first-order chi connectivity index (χ1) is 9.61. The molecule has 0 aliphatic heterocycles. The Kier molecular flexibility index (Phi) is 4.61. The molecule has 0 radical (unpaired) electrons. The van der Waals surface area contributed by atoms with Crippen LogP contribution in [0.5, 0.6) is 5.75 Å². The van der Waals surface area contributed by atoms with Gasteiger partial charge < -0.3 is 15.5 Å². The van der Waals surface area contributed by atoms with Gasteiger partial charge in [-0.2, -0.15) is 0 Å². The summed E-state index contributed by atoms with van der Waals surface area (Å²) in [4.78, 5) is 12.0. The molecule has 3 N–H and O–H groups in total. The summed E-state index contributed by atoms with van der Waals surface area (Å²) in [5.41, 5.74) is 1.75. The van der Waals surface area contributed by atoms with Gasteiger partial charge in [0.1, 0.15) is 5.75 Å². The molecule has 0 unspecified atom stereocenters. The number of benzene rings is 2. The van der Waals surface area contributed by atoms with Crippen molar-refractivity contribution >= 4 is 17.5 Å². The normalized spacial score (nSPS) is 10.3. The van der Waals surface area contributed by atoms with Gasteiger partial charge >= 0.3 is 0 Å². The second-order valence-corrected chi connectivity index (χ2v) is 4.71. The van der Waals surface area contributed by atoms with E-state index in [4.69, 9.17) is 11.6 Å². The second-order valence-electron chi connectivity index (χ2n) is 4.27. The van der Waals surface area contributed by atoms with Crippen molar-refractivity contribution < 1.29 is 15.0 Å². The first-order valence-corrected chi connectivity index (χ1v) is 6.44. The van der Waals surface area contributed by atoms with Gasteiger partial charge in [0.15, 0.2) is 0 Å². The summed E-state index contributed by atoms with van der Waals surface area (Å²) >= 11 is 5.71. The molecule has 0 fully saturated rings. The Morgan fingerprint density at radius 2 is 1.85 bits per heavy atom. The summed E-state index contributed by atoms with van der Waals surface area (Å²) in [6.07, 6.45) is 0. The molecule has 20 heavy (non-hydrogen) atoms. The number of aromatic hydroxyl groups is 1. The highest BCUT2D eigenvalue weighted by atomic mass is 35.5. The summed E-state index contributed by atoms with van der Waals surface area (Å²) in [5, 5.41) is 21.9. The number of nitrogens with one attached hydrogen (secondary N) is 1. The second kappa shape index (κ2) is 6.41. The number of phenols is 1. The van der Waals surface area contributed by atoms with E-state index in [9.17, 15) is 15.0 Å². The summed E-state index contributed by atoms with van der Waals surface area (Å²) in [6, 6.07) is 11.6. The zero-order valence-electron chi connectivity index (χ0n) is 10.6. The number of hydrogen-bond donors (Lipinski definition) is 3. The number of halogens is 1. The number of phenolic OH excluding ortho intramolecular Hbond substituents is 1. The highest BCUT2D eigenvalue weighted by Gasteiger charge is 2.11. The number of aliphatic hydroxyl groups is 1.